The summed E-state index contributed by atoms with van der Waals surface area (Å²) in [6.07, 6.45) is 1.62. The Labute approximate surface area is 201 Å². The van der Waals surface area contributed by atoms with Crippen LogP contribution in [-0.2, 0) is 10.0 Å². The van der Waals surface area contributed by atoms with Crippen molar-refractivity contribution in [2.45, 2.75) is 11.8 Å². The molecule has 2 aromatic carbocycles. The Bertz CT molecular complexity index is 1960. The molecule has 0 radical (unpaired) electrons. The minimum atomic E-state index is -3.77. The van der Waals surface area contributed by atoms with Crippen LogP contribution in [0.3, 0.4) is 0 Å². The summed E-state index contributed by atoms with van der Waals surface area (Å²) < 4.78 is 36.3. The Kier molecular flexibility index (Phi) is 4.74. The summed E-state index contributed by atoms with van der Waals surface area (Å²) in [6.45, 7) is 1.94. The third-order valence-corrected chi connectivity index (χ3v) is 7.48. The second kappa shape index (κ2) is 7.73. The number of rotatable bonds is 4. The van der Waals surface area contributed by atoms with Crippen LogP contribution in [0.5, 0.6) is 0 Å². The molecule has 0 bridgehead atoms. The highest BCUT2D eigenvalue weighted by molar-refractivity contribution is 7.89. The van der Waals surface area contributed by atoms with Gasteiger partial charge in [-0.3, -0.25) is 4.79 Å². The van der Waals surface area contributed by atoms with Gasteiger partial charge in [-0.05, 0) is 49.4 Å². The number of hydrogen-bond acceptors (Lipinski definition) is 8. The lowest BCUT2D eigenvalue weighted by atomic mass is 10.1. The zero-order chi connectivity index (χ0) is 24.3. The highest BCUT2D eigenvalue weighted by Gasteiger charge is 2.19. The number of aromatic nitrogens is 3. The van der Waals surface area contributed by atoms with Crippen LogP contribution in [0.2, 0.25) is 0 Å². The topological polar surface area (TPSA) is 134 Å². The highest BCUT2D eigenvalue weighted by atomic mass is 32.2. The van der Waals surface area contributed by atoms with E-state index in [4.69, 9.17) is 14.0 Å². The molecule has 0 saturated carbocycles. The predicted molar refractivity (Wildman–Crippen MR) is 131 cm³/mol. The molecule has 6 aromatic rings. The summed E-state index contributed by atoms with van der Waals surface area (Å²) in [5.74, 6) is 1.88. The lowest BCUT2D eigenvalue weighted by Gasteiger charge is -2.00. The Morgan fingerprint density at radius 2 is 1.80 bits per heavy atom. The number of aryl methyl sites for hydroxylation is 1. The number of primary sulfonamides is 1. The van der Waals surface area contributed by atoms with E-state index in [1.807, 2.05) is 31.2 Å². The van der Waals surface area contributed by atoms with Crippen molar-refractivity contribution in [1.82, 2.24) is 14.6 Å². The molecule has 35 heavy (non-hydrogen) atoms. The minimum absolute atomic E-state index is 0.0160. The third-order valence-electron chi connectivity index (χ3n) is 5.60. The van der Waals surface area contributed by atoms with Crippen LogP contribution >= 0.6 is 11.3 Å². The van der Waals surface area contributed by atoms with Gasteiger partial charge in [-0.25, -0.2) is 13.6 Å². The third kappa shape index (κ3) is 3.66. The van der Waals surface area contributed by atoms with E-state index in [1.54, 1.807) is 30.3 Å². The van der Waals surface area contributed by atoms with Gasteiger partial charge in [-0.15, -0.1) is 5.10 Å². The highest BCUT2D eigenvalue weighted by Crippen LogP contribution is 2.31. The van der Waals surface area contributed by atoms with E-state index >= 15 is 0 Å². The molecule has 0 aliphatic rings. The predicted octanol–water partition coefficient (Wildman–Crippen LogP) is 3.33. The molecule has 174 valence electrons. The first-order valence-electron chi connectivity index (χ1n) is 10.4. The van der Waals surface area contributed by atoms with E-state index in [9.17, 15) is 13.2 Å². The molecule has 4 aromatic heterocycles. The molecule has 2 N–H and O–H groups in total. The lowest BCUT2D eigenvalue weighted by Crippen LogP contribution is -2.23. The minimum Gasteiger partial charge on any atom is -0.457 e. The van der Waals surface area contributed by atoms with Gasteiger partial charge >= 0.3 is 0 Å². The van der Waals surface area contributed by atoms with Gasteiger partial charge in [-0.1, -0.05) is 29.5 Å². The molecule has 0 spiro atoms. The van der Waals surface area contributed by atoms with E-state index in [0.29, 0.717) is 38.2 Å². The maximum Gasteiger partial charge on any atom is 0.291 e. The van der Waals surface area contributed by atoms with Gasteiger partial charge in [-0.2, -0.15) is 9.50 Å². The standard InChI is InChI=1S/C24H16N4O5S2/c1-13-17-4-2-3-5-19(17)33-21(13)22-26-24-28(27-22)23(29)20(34-24)12-15-8-11-18(32-15)14-6-9-16(10-7-14)35(25,30)31/h2-12H,1H3,(H2,25,30,31). The van der Waals surface area contributed by atoms with Gasteiger partial charge in [0.05, 0.1) is 4.90 Å². The fourth-order valence-corrected chi connectivity index (χ4v) is 5.24. The molecule has 0 atom stereocenters. The first kappa shape index (κ1) is 21.5. The summed E-state index contributed by atoms with van der Waals surface area (Å²) in [7, 11) is -3.77. The fourth-order valence-electron chi connectivity index (χ4n) is 3.84. The number of furan rings is 2. The maximum atomic E-state index is 12.9. The number of benzene rings is 2. The van der Waals surface area contributed by atoms with Crippen LogP contribution in [0.25, 0.3) is 44.9 Å². The molecule has 0 amide bonds. The van der Waals surface area contributed by atoms with Crippen LogP contribution in [-0.4, -0.2) is 23.0 Å². The first-order chi connectivity index (χ1) is 16.8. The smallest absolute Gasteiger partial charge is 0.291 e. The summed E-state index contributed by atoms with van der Waals surface area (Å²) in [5.41, 5.74) is 2.02. The molecule has 6 rings (SSSR count). The van der Waals surface area contributed by atoms with E-state index in [0.717, 1.165) is 16.5 Å². The van der Waals surface area contributed by atoms with Crippen LogP contribution in [0.4, 0.5) is 0 Å². The van der Waals surface area contributed by atoms with Crippen molar-refractivity contribution in [2.24, 2.45) is 5.14 Å². The van der Waals surface area contributed by atoms with Crippen molar-refractivity contribution in [1.29, 1.82) is 0 Å². The largest absolute Gasteiger partial charge is 0.457 e. The molecule has 0 aliphatic carbocycles. The first-order valence-corrected chi connectivity index (χ1v) is 12.8. The Hall–Kier alpha value is -4.06. The van der Waals surface area contributed by atoms with Crippen LogP contribution in [0.1, 0.15) is 11.3 Å². The van der Waals surface area contributed by atoms with E-state index in [-0.39, 0.29) is 10.5 Å². The SMILES string of the molecule is Cc1c(-c2nc3sc(=Cc4ccc(-c5ccc(S(N)(=O)=O)cc5)o4)c(=O)n3n2)oc2ccccc12. The zero-order valence-corrected chi connectivity index (χ0v) is 19.8. The molecule has 0 unspecified atom stereocenters. The Balaban J connectivity index is 1.34. The molecule has 9 nitrogen and oxygen atoms in total. The van der Waals surface area contributed by atoms with Gasteiger partial charge in [0.1, 0.15) is 21.6 Å². The van der Waals surface area contributed by atoms with Crippen molar-refractivity contribution < 1.29 is 17.3 Å². The monoisotopic (exact) mass is 504 g/mol. The molecule has 4 heterocycles. The second-order valence-corrected chi connectivity index (χ2v) is 10.4. The van der Waals surface area contributed by atoms with Crippen LogP contribution in [0.15, 0.2) is 79.2 Å². The quantitative estimate of drug-likeness (QED) is 0.389. The number of nitrogens with zero attached hydrogens (tertiary/aromatic N) is 3. The molecule has 11 heteroatoms. The Morgan fingerprint density at radius 1 is 1.03 bits per heavy atom. The van der Waals surface area contributed by atoms with Crippen molar-refractivity contribution in [3.05, 3.63) is 86.9 Å². The summed E-state index contributed by atoms with van der Waals surface area (Å²) in [4.78, 5) is 17.9. The molecule has 0 saturated heterocycles. The fraction of sp³-hybridized carbons (Fsp3) is 0.0417. The summed E-state index contributed by atoms with van der Waals surface area (Å²) >= 11 is 1.20. The lowest BCUT2D eigenvalue weighted by molar-refractivity contribution is 0.571. The van der Waals surface area contributed by atoms with Gasteiger partial charge < -0.3 is 8.83 Å². The molecule has 0 aliphatic heterocycles. The van der Waals surface area contributed by atoms with E-state index in [1.165, 1.54) is 28.0 Å². The number of hydrogen-bond donors (Lipinski definition) is 1. The molecular weight excluding hydrogens is 488 g/mol. The molecule has 0 fully saturated rings. The van der Waals surface area contributed by atoms with Crippen molar-refractivity contribution in [3.63, 3.8) is 0 Å². The number of fused-ring (bicyclic) bond motifs is 2. The Morgan fingerprint density at radius 3 is 2.51 bits per heavy atom. The maximum absolute atomic E-state index is 12.9. The number of thiazole rings is 1. The van der Waals surface area contributed by atoms with E-state index < -0.39 is 10.0 Å². The van der Waals surface area contributed by atoms with Gasteiger partial charge in [0.25, 0.3) is 5.56 Å². The van der Waals surface area contributed by atoms with Crippen molar-refractivity contribution >= 4 is 43.4 Å². The average molecular weight is 505 g/mol. The van der Waals surface area contributed by atoms with E-state index in [2.05, 4.69) is 10.1 Å². The second-order valence-electron chi connectivity index (χ2n) is 7.87. The molecular formula is C24H16N4O5S2. The average Bonchev–Trinajstić information content (AvgIpc) is 3.60. The van der Waals surface area contributed by atoms with Crippen LogP contribution < -0.4 is 15.2 Å². The summed E-state index contributed by atoms with van der Waals surface area (Å²) in [6, 6.07) is 17.2. The van der Waals surface area contributed by atoms with Crippen molar-refractivity contribution in [3.8, 4) is 22.9 Å². The summed E-state index contributed by atoms with van der Waals surface area (Å²) in [5, 5.41) is 10.5. The van der Waals surface area contributed by atoms with Crippen molar-refractivity contribution in [2.75, 3.05) is 0 Å². The van der Waals surface area contributed by atoms with Gasteiger partial charge in [0, 0.05) is 22.6 Å². The van der Waals surface area contributed by atoms with Crippen LogP contribution in [0, 0.1) is 6.92 Å². The normalized spacial score (nSPS) is 12.8. The van der Waals surface area contributed by atoms with Gasteiger partial charge in [0.15, 0.2) is 5.76 Å². The zero-order valence-electron chi connectivity index (χ0n) is 18.1. The number of sulfonamides is 1. The van der Waals surface area contributed by atoms with Gasteiger partial charge in [0.2, 0.25) is 20.8 Å². The number of para-hydroxylation sites is 1. The number of nitrogens with two attached hydrogens (primary N) is 1.